The summed E-state index contributed by atoms with van der Waals surface area (Å²) in [4.78, 5) is 17.2. The molecule has 0 aliphatic carbocycles. The zero-order valence-electron chi connectivity index (χ0n) is 17.3. The average Bonchev–Trinajstić information content (AvgIpc) is 3.22. The molecule has 0 bridgehead atoms. The Bertz CT molecular complexity index is 837. The van der Waals surface area contributed by atoms with Gasteiger partial charge in [0.25, 0.3) is 0 Å². The van der Waals surface area contributed by atoms with Crippen molar-refractivity contribution in [3.05, 3.63) is 35.9 Å². The SMILES string of the molecule is COCCN1C[C@H]2C(=O)N(C)C3(CCN(S(=O)(=O)Cc4ccccc4)CC3)[C@H]2C1. The fraction of sp³-hybridized carbons (Fsp3) is 0.667. The molecule has 3 aliphatic heterocycles. The molecule has 3 fully saturated rings. The van der Waals surface area contributed by atoms with Crippen molar-refractivity contribution in [1.82, 2.24) is 14.1 Å². The van der Waals surface area contributed by atoms with E-state index in [1.165, 1.54) is 0 Å². The molecule has 3 aliphatic rings. The maximum atomic E-state index is 12.9. The van der Waals surface area contributed by atoms with Crippen LogP contribution >= 0.6 is 0 Å². The van der Waals surface area contributed by atoms with E-state index in [0.29, 0.717) is 32.5 Å². The van der Waals surface area contributed by atoms with Gasteiger partial charge in [0.15, 0.2) is 0 Å². The predicted octanol–water partition coefficient (Wildman–Crippen LogP) is 1.02. The molecule has 3 heterocycles. The number of hydrogen-bond acceptors (Lipinski definition) is 5. The number of carbonyl (C=O) groups is 1. The Morgan fingerprint density at radius 3 is 2.48 bits per heavy atom. The van der Waals surface area contributed by atoms with Crippen LogP contribution in [0, 0.1) is 11.8 Å². The third kappa shape index (κ3) is 3.71. The normalized spacial score (nSPS) is 27.7. The molecule has 3 saturated heterocycles. The van der Waals surface area contributed by atoms with Crippen molar-refractivity contribution in [3.8, 4) is 0 Å². The summed E-state index contributed by atoms with van der Waals surface area (Å²) >= 11 is 0. The van der Waals surface area contributed by atoms with Gasteiger partial charge in [-0.15, -0.1) is 0 Å². The van der Waals surface area contributed by atoms with Gasteiger partial charge in [0.05, 0.1) is 18.3 Å². The Kier molecular flexibility index (Phi) is 5.72. The molecular weight excluding hydrogens is 390 g/mol. The predicted molar refractivity (Wildman–Crippen MR) is 111 cm³/mol. The minimum absolute atomic E-state index is 0.0318. The van der Waals surface area contributed by atoms with Gasteiger partial charge in [-0.3, -0.25) is 9.69 Å². The van der Waals surface area contributed by atoms with E-state index in [0.717, 1.165) is 25.2 Å². The van der Waals surface area contributed by atoms with Gasteiger partial charge in [-0.2, -0.15) is 0 Å². The van der Waals surface area contributed by atoms with Crippen molar-refractivity contribution >= 4 is 15.9 Å². The zero-order valence-corrected chi connectivity index (χ0v) is 18.1. The van der Waals surface area contributed by atoms with Crippen LogP contribution in [-0.2, 0) is 25.3 Å². The van der Waals surface area contributed by atoms with E-state index in [2.05, 4.69) is 4.90 Å². The number of nitrogens with zero attached hydrogens (tertiary/aromatic N) is 3. The average molecular weight is 422 g/mol. The highest BCUT2D eigenvalue weighted by Crippen LogP contribution is 2.49. The van der Waals surface area contributed by atoms with Gasteiger partial charge in [-0.1, -0.05) is 30.3 Å². The Morgan fingerprint density at radius 2 is 1.83 bits per heavy atom. The lowest BCUT2D eigenvalue weighted by molar-refractivity contribution is -0.133. The number of likely N-dealkylation sites (tertiary alicyclic amines) is 2. The minimum Gasteiger partial charge on any atom is -0.383 e. The molecule has 1 spiro atoms. The van der Waals surface area contributed by atoms with Crippen molar-refractivity contribution in [2.24, 2.45) is 11.8 Å². The first kappa shape index (κ1) is 20.8. The molecule has 0 N–H and O–H groups in total. The number of methoxy groups -OCH3 is 1. The second-order valence-corrected chi connectivity index (χ2v) is 10.6. The topological polar surface area (TPSA) is 70.2 Å². The standard InChI is InChI=1S/C21H31N3O4S/c1-22-20(25)18-14-23(12-13-28-2)15-19(18)21(22)8-10-24(11-9-21)29(26,27)16-17-6-4-3-5-7-17/h3-7,18-19H,8-16H2,1-2H3/t18-,19+/m1/s1. The first-order valence-electron chi connectivity index (χ1n) is 10.4. The summed E-state index contributed by atoms with van der Waals surface area (Å²) < 4.78 is 32.7. The highest BCUT2D eigenvalue weighted by Gasteiger charge is 2.60. The van der Waals surface area contributed by atoms with Crippen LogP contribution < -0.4 is 0 Å². The van der Waals surface area contributed by atoms with E-state index in [1.807, 2.05) is 42.3 Å². The van der Waals surface area contributed by atoms with Crippen molar-refractivity contribution < 1.29 is 17.9 Å². The number of fused-ring (bicyclic) bond motifs is 2. The molecule has 8 heteroatoms. The monoisotopic (exact) mass is 421 g/mol. The summed E-state index contributed by atoms with van der Waals surface area (Å²) in [5.41, 5.74) is 0.591. The Labute approximate surface area is 173 Å². The zero-order chi connectivity index (χ0) is 20.6. The quantitative estimate of drug-likeness (QED) is 0.686. The lowest BCUT2D eigenvalue weighted by Crippen LogP contribution is -2.56. The van der Waals surface area contributed by atoms with E-state index < -0.39 is 10.0 Å². The Morgan fingerprint density at radius 1 is 1.14 bits per heavy atom. The molecule has 1 aromatic rings. The van der Waals surface area contributed by atoms with Crippen molar-refractivity contribution in [2.45, 2.75) is 24.1 Å². The molecule has 0 saturated carbocycles. The lowest BCUT2D eigenvalue weighted by Gasteiger charge is -2.46. The number of benzene rings is 1. The van der Waals surface area contributed by atoms with Gasteiger partial charge in [0, 0.05) is 58.3 Å². The fourth-order valence-electron chi connectivity index (χ4n) is 5.53. The van der Waals surface area contributed by atoms with E-state index in [1.54, 1.807) is 11.4 Å². The van der Waals surface area contributed by atoms with Crippen molar-refractivity contribution in [1.29, 1.82) is 0 Å². The number of carbonyl (C=O) groups excluding carboxylic acids is 1. The number of sulfonamides is 1. The number of rotatable bonds is 6. The largest absolute Gasteiger partial charge is 0.383 e. The molecule has 1 amide bonds. The summed E-state index contributed by atoms with van der Waals surface area (Å²) in [7, 11) is 0.253. The van der Waals surface area contributed by atoms with E-state index in [9.17, 15) is 13.2 Å². The molecule has 4 rings (SSSR count). The molecule has 0 aromatic heterocycles. The second kappa shape index (κ2) is 7.98. The molecule has 7 nitrogen and oxygen atoms in total. The summed E-state index contributed by atoms with van der Waals surface area (Å²) in [5.74, 6) is 0.558. The molecule has 0 unspecified atom stereocenters. The van der Waals surface area contributed by atoms with Crippen LogP contribution in [0.15, 0.2) is 30.3 Å². The summed E-state index contributed by atoms with van der Waals surface area (Å²) in [6, 6.07) is 9.32. The van der Waals surface area contributed by atoms with E-state index in [-0.39, 0.29) is 29.0 Å². The van der Waals surface area contributed by atoms with Crippen LogP contribution in [0.3, 0.4) is 0 Å². The summed E-state index contributed by atoms with van der Waals surface area (Å²) in [6.45, 7) is 4.15. The molecule has 0 radical (unpaired) electrons. The summed E-state index contributed by atoms with van der Waals surface area (Å²) in [6.07, 6.45) is 1.42. The Balaban J connectivity index is 1.45. The van der Waals surface area contributed by atoms with Gasteiger partial charge < -0.3 is 9.64 Å². The number of hydrogen-bond donors (Lipinski definition) is 0. The minimum atomic E-state index is -3.36. The summed E-state index contributed by atoms with van der Waals surface area (Å²) in [5, 5.41) is 0. The van der Waals surface area contributed by atoms with Gasteiger partial charge in [0.2, 0.25) is 15.9 Å². The molecule has 160 valence electrons. The highest BCUT2D eigenvalue weighted by atomic mass is 32.2. The van der Waals surface area contributed by atoms with E-state index >= 15 is 0 Å². The molecule has 29 heavy (non-hydrogen) atoms. The first-order valence-corrected chi connectivity index (χ1v) is 12.0. The maximum Gasteiger partial charge on any atom is 0.227 e. The van der Waals surface area contributed by atoms with Gasteiger partial charge in [-0.05, 0) is 18.4 Å². The Hall–Kier alpha value is -1.48. The fourth-order valence-corrected chi connectivity index (χ4v) is 7.07. The molecule has 2 atom stereocenters. The molecular formula is C21H31N3O4S. The smallest absolute Gasteiger partial charge is 0.227 e. The maximum absolute atomic E-state index is 12.9. The van der Waals surface area contributed by atoms with Crippen LogP contribution in [0.25, 0.3) is 0 Å². The number of ether oxygens (including phenoxy) is 1. The van der Waals surface area contributed by atoms with Crippen molar-refractivity contribution in [2.75, 3.05) is 53.5 Å². The number of piperidine rings is 1. The van der Waals surface area contributed by atoms with Crippen LogP contribution in [0.4, 0.5) is 0 Å². The van der Waals surface area contributed by atoms with Crippen LogP contribution in [-0.4, -0.2) is 87.5 Å². The van der Waals surface area contributed by atoms with Gasteiger partial charge >= 0.3 is 0 Å². The van der Waals surface area contributed by atoms with Crippen molar-refractivity contribution in [3.63, 3.8) is 0 Å². The van der Waals surface area contributed by atoms with Crippen LogP contribution in [0.2, 0.25) is 0 Å². The lowest BCUT2D eigenvalue weighted by atomic mass is 9.75. The van der Waals surface area contributed by atoms with Gasteiger partial charge in [0.1, 0.15) is 0 Å². The second-order valence-electron chi connectivity index (χ2n) is 8.61. The van der Waals surface area contributed by atoms with Crippen LogP contribution in [0.5, 0.6) is 0 Å². The van der Waals surface area contributed by atoms with Crippen LogP contribution in [0.1, 0.15) is 18.4 Å². The third-order valence-electron chi connectivity index (χ3n) is 7.19. The number of amides is 1. The third-order valence-corrected chi connectivity index (χ3v) is 9.04. The van der Waals surface area contributed by atoms with E-state index in [4.69, 9.17) is 4.74 Å². The highest BCUT2D eigenvalue weighted by molar-refractivity contribution is 7.88. The van der Waals surface area contributed by atoms with Gasteiger partial charge in [-0.25, -0.2) is 12.7 Å². The molecule has 1 aromatic carbocycles. The first-order chi connectivity index (χ1) is 13.9.